The number of urea groups is 1. The van der Waals surface area contributed by atoms with Gasteiger partial charge in [-0.2, -0.15) is 0 Å². The topological polar surface area (TPSA) is 98.7 Å². The van der Waals surface area contributed by atoms with Crippen molar-refractivity contribution in [1.82, 2.24) is 15.5 Å². The van der Waals surface area contributed by atoms with Crippen molar-refractivity contribution in [2.75, 3.05) is 20.1 Å². The van der Waals surface area contributed by atoms with Crippen LogP contribution in [0.2, 0.25) is 0 Å². The predicted octanol–water partition coefficient (Wildman–Crippen LogP) is -0.373. The molecule has 1 aliphatic rings. The maximum absolute atomic E-state index is 11.8. The molecule has 1 heterocycles. The number of aliphatic carboxylic acids is 1. The molecule has 1 saturated heterocycles. The average molecular weight is 257 g/mol. The van der Waals surface area contributed by atoms with Crippen LogP contribution >= 0.6 is 0 Å². The zero-order valence-corrected chi connectivity index (χ0v) is 10.6. The third-order valence-corrected chi connectivity index (χ3v) is 2.91. The number of hydrogen-bond donors (Lipinski definition) is 3. The first-order valence-electron chi connectivity index (χ1n) is 5.91. The van der Waals surface area contributed by atoms with Crippen LogP contribution in [0.25, 0.3) is 0 Å². The van der Waals surface area contributed by atoms with Crippen molar-refractivity contribution in [1.29, 1.82) is 0 Å². The molecule has 7 heteroatoms. The molecule has 0 aromatic rings. The van der Waals surface area contributed by atoms with Gasteiger partial charge in [-0.05, 0) is 6.42 Å². The number of rotatable bonds is 4. The minimum absolute atomic E-state index is 0.00615. The van der Waals surface area contributed by atoms with E-state index in [9.17, 15) is 14.4 Å². The number of carboxylic acids is 1. The van der Waals surface area contributed by atoms with Crippen molar-refractivity contribution in [3.05, 3.63) is 0 Å². The molecule has 0 saturated carbocycles. The van der Waals surface area contributed by atoms with Gasteiger partial charge in [-0.3, -0.25) is 9.59 Å². The molecule has 2 unspecified atom stereocenters. The lowest BCUT2D eigenvalue weighted by Crippen LogP contribution is -2.51. The van der Waals surface area contributed by atoms with Gasteiger partial charge in [-0.15, -0.1) is 0 Å². The van der Waals surface area contributed by atoms with Crippen molar-refractivity contribution in [3.8, 4) is 0 Å². The van der Waals surface area contributed by atoms with E-state index in [0.717, 1.165) is 0 Å². The van der Waals surface area contributed by atoms with E-state index in [1.807, 2.05) is 0 Å². The Hall–Kier alpha value is -1.79. The number of amides is 3. The summed E-state index contributed by atoms with van der Waals surface area (Å²) < 4.78 is 0. The second-order valence-electron chi connectivity index (χ2n) is 4.61. The molecule has 0 aromatic carbocycles. The summed E-state index contributed by atoms with van der Waals surface area (Å²) in [5.41, 5.74) is 0. The Morgan fingerprint density at radius 1 is 1.61 bits per heavy atom. The molecule has 1 fully saturated rings. The second-order valence-corrected chi connectivity index (χ2v) is 4.61. The van der Waals surface area contributed by atoms with Gasteiger partial charge in [0.15, 0.2) is 0 Å². The standard InChI is InChI=1S/C11H19N3O4/c1-7(10(16)17)6-14(2)11(18)13-8-3-4-9(15)12-5-8/h7-8H,3-6H2,1-2H3,(H,12,15)(H,13,18)(H,16,17). The van der Waals surface area contributed by atoms with Crippen LogP contribution in [-0.4, -0.2) is 54.1 Å². The fourth-order valence-corrected chi connectivity index (χ4v) is 1.71. The second kappa shape index (κ2) is 6.23. The Kier molecular flexibility index (Phi) is 4.94. The first-order chi connectivity index (χ1) is 8.40. The van der Waals surface area contributed by atoms with E-state index in [4.69, 9.17) is 5.11 Å². The highest BCUT2D eigenvalue weighted by atomic mass is 16.4. The van der Waals surface area contributed by atoms with Crippen molar-refractivity contribution >= 4 is 17.9 Å². The zero-order valence-electron chi connectivity index (χ0n) is 10.6. The van der Waals surface area contributed by atoms with Crippen LogP contribution in [0.1, 0.15) is 19.8 Å². The average Bonchev–Trinajstić information content (AvgIpc) is 2.31. The molecule has 0 aromatic heterocycles. The molecular formula is C11H19N3O4. The zero-order chi connectivity index (χ0) is 13.7. The first kappa shape index (κ1) is 14.3. The van der Waals surface area contributed by atoms with E-state index >= 15 is 0 Å². The lowest BCUT2D eigenvalue weighted by atomic mass is 10.1. The van der Waals surface area contributed by atoms with Crippen LogP contribution in [0.3, 0.4) is 0 Å². The van der Waals surface area contributed by atoms with Gasteiger partial charge in [0.2, 0.25) is 5.91 Å². The molecule has 0 aliphatic carbocycles. The number of carbonyl (C=O) groups is 3. The minimum atomic E-state index is -0.931. The summed E-state index contributed by atoms with van der Waals surface area (Å²) in [6, 6.07) is -0.401. The molecule has 1 aliphatic heterocycles. The summed E-state index contributed by atoms with van der Waals surface area (Å²) in [6.45, 7) is 2.13. The van der Waals surface area contributed by atoms with Crippen LogP contribution in [0.5, 0.6) is 0 Å². The molecular weight excluding hydrogens is 238 g/mol. The molecule has 0 radical (unpaired) electrons. The highest BCUT2D eigenvalue weighted by molar-refractivity contribution is 5.78. The van der Waals surface area contributed by atoms with Gasteiger partial charge < -0.3 is 20.6 Å². The highest BCUT2D eigenvalue weighted by Gasteiger charge is 2.22. The highest BCUT2D eigenvalue weighted by Crippen LogP contribution is 2.04. The summed E-state index contributed by atoms with van der Waals surface area (Å²) in [6.07, 6.45) is 1.01. The smallest absolute Gasteiger partial charge is 0.317 e. The van der Waals surface area contributed by atoms with Crippen molar-refractivity contribution in [2.45, 2.75) is 25.8 Å². The van der Waals surface area contributed by atoms with Crippen LogP contribution in [0.4, 0.5) is 4.79 Å². The maximum atomic E-state index is 11.8. The number of nitrogens with zero attached hydrogens (tertiary/aromatic N) is 1. The van der Waals surface area contributed by atoms with Crippen LogP contribution in [0.15, 0.2) is 0 Å². The molecule has 3 N–H and O–H groups in total. The largest absolute Gasteiger partial charge is 0.481 e. The number of nitrogens with one attached hydrogen (secondary N) is 2. The number of carboxylic acid groups (broad SMARTS) is 1. The predicted molar refractivity (Wildman–Crippen MR) is 64.0 cm³/mol. The molecule has 1 rings (SSSR count). The van der Waals surface area contributed by atoms with E-state index in [0.29, 0.717) is 19.4 Å². The molecule has 3 amide bonds. The quantitative estimate of drug-likeness (QED) is 0.639. The van der Waals surface area contributed by atoms with Gasteiger partial charge in [0.05, 0.1) is 5.92 Å². The van der Waals surface area contributed by atoms with Gasteiger partial charge in [-0.25, -0.2) is 4.79 Å². The Bertz CT molecular complexity index is 335. The van der Waals surface area contributed by atoms with Crippen molar-refractivity contribution < 1.29 is 19.5 Å². The van der Waals surface area contributed by atoms with Gasteiger partial charge in [0.1, 0.15) is 0 Å². The van der Waals surface area contributed by atoms with Crippen molar-refractivity contribution in [3.63, 3.8) is 0 Å². The van der Waals surface area contributed by atoms with Gasteiger partial charge in [0, 0.05) is 32.6 Å². The Morgan fingerprint density at radius 2 is 2.28 bits per heavy atom. The van der Waals surface area contributed by atoms with Gasteiger partial charge in [0.25, 0.3) is 0 Å². The Labute approximate surface area is 106 Å². The lowest BCUT2D eigenvalue weighted by molar-refractivity contribution is -0.141. The number of hydrogen-bond acceptors (Lipinski definition) is 3. The van der Waals surface area contributed by atoms with E-state index in [2.05, 4.69) is 10.6 Å². The lowest BCUT2D eigenvalue weighted by Gasteiger charge is -2.27. The number of piperidine rings is 1. The summed E-state index contributed by atoms with van der Waals surface area (Å²) in [7, 11) is 1.55. The fourth-order valence-electron chi connectivity index (χ4n) is 1.71. The maximum Gasteiger partial charge on any atom is 0.317 e. The summed E-state index contributed by atoms with van der Waals surface area (Å²) in [5.74, 6) is -1.54. The monoisotopic (exact) mass is 257 g/mol. The van der Waals surface area contributed by atoms with Crippen LogP contribution < -0.4 is 10.6 Å². The van der Waals surface area contributed by atoms with Crippen LogP contribution in [-0.2, 0) is 9.59 Å². The summed E-state index contributed by atoms with van der Waals surface area (Å²) in [5, 5.41) is 14.2. The molecule has 0 bridgehead atoms. The van der Waals surface area contributed by atoms with E-state index in [1.54, 1.807) is 14.0 Å². The third kappa shape index (κ3) is 4.23. The van der Waals surface area contributed by atoms with E-state index in [1.165, 1.54) is 4.90 Å². The normalized spacial score (nSPS) is 20.8. The van der Waals surface area contributed by atoms with Crippen LogP contribution in [0, 0.1) is 5.92 Å². The fraction of sp³-hybridized carbons (Fsp3) is 0.727. The Balaban J connectivity index is 2.35. The van der Waals surface area contributed by atoms with Crippen molar-refractivity contribution in [2.24, 2.45) is 5.92 Å². The number of carbonyl (C=O) groups excluding carboxylic acids is 2. The molecule has 7 nitrogen and oxygen atoms in total. The van der Waals surface area contributed by atoms with E-state index < -0.39 is 11.9 Å². The summed E-state index contributed by atoms with van der Waals surface area (Å²) >= 11 is 0. The first-order valence-corrected chi connectivity index (χ1v) is 5.91. The van der Waals surface area contributed by atoms with Gasteiger partial charge >= 0.3 is 12.0 Å². The molecule has 2 atom stereocenters. The SMILES string of the molecule is CC(CN(C)C(=O)NC1CCC(=O)NC1)C(=O)O. The van der Waals surface area contributed by atoms with E-state index in [-0.39, 0.29) is 24.5 Å². The van der Waals surface area contributed by atoms with Gasteiger partial charge in [-0.1, -0.05) is 6.92 Å². The molecule has 18 heavy (non-hydrogen) atoms. The molecule has 102 valence electrons. The third-order valence-electron chi connectivity index (χ3n) is 2.91. The minimum Gasteiger partial charge on any atom is -0.481 e. The summed E-state index contributed by atoms with van der Waals surface area (Å²) in [4.78, 5) is 34.7. The Morgan fingerprint density at radius 3 is 2.78 bits per heavy atom. The molecule has 0 spiro atoms.